The van der Waals surface area contributed by atoms with Crippen LogP contribution in [0, 0.1) is 6.92 Å². The van der Waals surface area contributed by atoms with Crippen LogP contribution in [0.15, 0.2) is 40.8 Å². The largest absolute Gasteiger partial charge is 0.464 e. The van der Waals surface area contributed by atoms with Gasteiger partial charge in [0.2, 0.25) is 0 Å². The minimum atomic E-state index is -0.606. The number of halogens is 1. The van der Waals surface area contributed by atoms with E-state index in [1.807, 2.05) is 37.3 Å². The zero-order chi connectivity index (χ0) is 15.5. The molecule has 5 heteroatoms. The molecule has 2 unspecified atom stereocenters. The van der Waals surface area contributed by atoms with Gasteiger partial charge in [-0.05, 0) is 25.1 Å². The van der Waals surface area contributed by atoms with E-state index in [0.717, 1.165) is 23.6 Å². The molecule has 1 aliphatic rings. The van der Waals surface area contributed by atoms with Crippen molar-refractivity contribution in [1.29, 1.82) is 0 Å². The molecule has 2 atom stereocenters. The Morgan fingerprint density at radius 1 is 1.32 bits per heavy atom. The Morgan fingerprint density at radius 3 is 2.86 bits per heavy atom. The first-order valence-electron chi connectivity index (χ1n) is 7.46. The van der Waals surface area contributed by atoms with E-state index in [4.69, 9.17) is 20.8 Å². The fraction of sp³-hybridized carbons (Fsp3) is 0.412. The molecule has 0 amide bonds. The molecular weight excluding hydrogens is 302 g/mol. The number of ether oxygens (including phenoxy) is 1. The Bertz CT molecular complexity index is 628. The van der Waals surface area contributed by atoms with Crippen LogP contribution in [-0.2, 0) is 4.74 Å². The van der Waals surface area contributed by atoms with Crippen molar-refractivity contribution in [3.63, 3.8) is 0 Å². The van der Waals surface area contributed by atoms with Gasteiger partial charge in [0.15, 0.2) is 0 Å². The van der Waals surface area contributed by atoms with E-state index in [1.165, 1.54) is 0 Å². The minimum absolute atomic E-state index is 0.0825. The summed E-state index contributed by atoms with van der Waals surface area (Å²) in [7, 11) is 0. The third-order valence-electron chi connectivity index (χ3n) is 3.92. The second-order valence-corrected chi connectivity index (χ2v) is 6.01. The number of β-amino-alcohol motifs (C(OH)–C–C–N with tert-alkyl or cyclic N) is 1. The van der Waals surface area contributed by atoms with Crippen LogP contribution in [0.5, 0.6) is 0 Å². The number of benzene rings is 1. The summed E-state index contributed by atoms with van der Waals surface area (Å²) in [5.74, 6) is 1.72. The maximum atomic E-state index is 10.4. The van der Waals surface area contributed by atoms with Crippen LogP contribution in [-0.4, -0.2) is 36.2 Å². The Kier molecular flexibility index (Phi) is 4.84. The van der Waals surface area contributed by atoms with E-state index in [-0.39, 0.29) is 6.10 Å². The van der Waals surface area contributed by atoms with Crippen LogP contribution < -0.4 is 0 Å². The third kappa shape index (κ3) is 3.52. The highest BCUT2D eigenvalue weighted by Crippen LogP contribution is 2.27. The van der Waals surface area contributed by atoms with Crippen molar-refractivity contribution in [2.75, 3.05) is 26.2 Å². The van der Waals surface area contributed by atoms with E-state index < -0.39 is 6.10 Å². The maximum absolute atomic E-state index is 10.4. The molecule has 2 heterocycles. The van der Waals surface area contributed by atoms with Gasteiger partial charge < -0.3 is 14.3 Å². The molecule has 1 aliphatic heterocycles. The molecule has 118 valence electrons. The number of nitrogens with zero attached hydrogens (tertiary/aromatic N) is 1. The molecule has 1 aromatic carbocycles. The molecule has 0 radical (unpaired) electrons. The molecule has 0 bridgehead atoms. The highest BCUT2D eigenvalue weighted by molar-refractivity contribution is 6.31. The molecule has 2 aromatic rings. The lowest BCUT2D eigenvalue weighted by Crippen LogP contribution is -2.40. The van der Waals surface area contributed by atoms with Crippen molar-refractivity contribution in [1.82, 2.24) is 4.90 Å². The van der Waals surface area contributed by atoms with Crippen LogP contribution in [0.4, 0.5) is 0 Å². The molecule has 4 nitrogen and oxygen atoms in total. The van der Waals surface area contributed by atoms with Gasteiger partial charge in [0.25, 0.3) is 0 Å². The normalized spacial score (nSPS) is 21.0. The molecule has 3 rings (SSSR count). The molecular formula is C17H20ClNO3. The van der Waals surface area contributed by atoms with Crippen molar-refractivity contribution in [3.8, 4) is 0 Å². The van der Waals surface area contributed by atoms with Crippen molar-refractivity contribution in [2.45, 2.75) is 19.1 Å². The minimum Gasteiger partial charge on any atom is -0.464 e. The van der Waals surface area contributed by atoms with Crippen LogP contribution in [0.3, 0.4) is 0 Å². The predicted molar refractivity (Wildman–Crippen MR) is 85.0 cm³/mol. The highest BCUT2D eigenvalue weighted by Gasteiger charge is 2.26. The Morgan fingerprint density at radius 2 is 2.14 bits per heavy atom. The molecule has 1 fully saturated rings. The predicted octanol–water partition coefficient (Wildman–Crippen LogP) is 3.35. The number of hydrogen-bond donors (Lipinski definition) is 1. The number of hydrogen-bond acceptors (Lipinski definition) is 4. The van der Waals surface area contributed by atoms with Gasteiger partial charge in [-0.1, -0.05) is 29.8 Å². The summed E-state index contributed by atoms with van der Waals surface area (Å²) >= 11 is 6.15. The van der Waals surface area contributed by atoms with E-state index in [9.17, 15) is 5.11 Å². The first kappa shape index (κ1) is 15.6. The molecule has 0 spiro atoms. The van der Waals surface area contributed by atoms with E-state index in [0.29, 0.717) is 24.7 Å². The smallest absolute Gasteiger partial charge is 0.134 e. The Balaban J connectivity index is 1.64. The summed E-state index contributed by atoms with van der Waals surface area (Å²) in [6.07, 6.45) is -0.688. The van der Waals surface area contributed by atoms with E-state index in [2.05, 4.69) is 4.90 Å². The van der Waals surface area contributed by atoms with Gasteiger partial charge in [-0.25, -0.2) is 0 Å². The van der Waals surface area contributed by atoms with Gasteiger partial charge in [0, 0.05) is 30.2 Å². The van der Waals surface area contributed by atoms with Gasteiger partial charge in [-0.15, -0.1) is 0 Å². The second kappa shape index (κ2) is 6.84. The lowest BCUT2D eigenvalue weighted by molar-refractivity contribution is -0.0513. The molecule has 0 aliphatic carbocycles. The molecule has 22 heavy (non-hydrogen) atoms. The van der Waals surface area contributed by atoms with Gasteiger partial charge >= 0.3 is 0 Å². The third-order valence-corrected chi connectivity index (χ3v) is 4.27. The molecule has 1 saturated heterocycles. The second-order valence-electron chi connectivity index (χ2n) is 5.60. The van der Waals surface area contributed by atoms with Crippen molar-refractivity contribution in [3.05, 3.63) is 58.5 Å². The molecule has 1 aromatic heterocycles. The fourth-order valence-corrected chi connectivity index (χ4v) is 3.02. The van der Waals surface area contributed by atoms with Crippen molar-refractivity contribution >= 4 is 11.6 Å². The number of aryl methyl sites for hydroxylation is 1. The quantitative estimate of drug-likeness (QED) is 0.938. The number of aliphatic hydroxyl groups is 1. The monoisotopic (exact) mass is 321 g/mol. The fourth-order valence-electron chi connectivity index (χ4n) is 2.76. The van der Waals surface area contributed by atoms with Gasteiger partial charge in [0.1, 0.15) is 17.6 Å². The van der Waals surface area contributed by atoms with E-state index >= 15 is 0 Å². The topological polar surface area (TPSA) is 45.8 Å². The zero-order valence-corrected chi connectivity index (χ0v) is 13.3. The Hall–Kier alpha value is -1.33. The van der Waals surface area contributed by atoms with Crippen LogP contribution >= 0.6 is 11.6 Å². The van der Waals surface area contributed by atoms with E-state index in [1.54, 1.807) is 6.07 Å². The highest BCUT2D eigenvalue weighted by atomic mass is 35.5. The molecule has 1 N–H and O–H groups in total. The summed E-state index contributed by atoms with van der Waals surface area (Å²) in [4.78, 5) is 2.18. The van der Waals surface area contributed by atoms with Crippen molar-refractivity contribution < 1.29 is 14.3 Å². The summed E-state index contributed by atoms with van der Waals surface area (Å²) in [6.45, 7) is 4.57. The number of rotatable bonds is 4. The first-order chi connectivity index (χ1) is 10.6. The average molecular weight is 322 g/mol. The summed E-state index contributed by atoms with van der Waals surface area (Å²) in [5.41, 5.74) is 0.765. The standard InChI is InChI=1S/C17H20ClNO3/c1-12-6-7-16(22-12)17-11-19(8-9-21-17)10-15(20)13-4-2-3-5-14(13)18/h2-7,15,17,20H,8-11H2,1H3. The molecule has 0 saturated carbocycles. The van der Waals surface area contributed by atoms with Crippen LogP contribution in [0.25, 0.3) is 0 Å². The summed E-state index contributed by atoms with van der Waals surface area (Å²) in [6, 6.07) is 11.3. The van der Waals surface area contributed by atoms with Gasteiger partial charge in [-0.3, -0.25) is 4.90 Å². The average Bonchev–Trinajstić information content (AvgIpc) is 2.94. The first-order valence-corrected chi connectivity index (χ1v) is 7.84. The van der Waals surface area contributed by atoms with Crippen LogP contribution in [0.2, 0.25) is 5.02 Å². The summed E-state index contributed by atoms with van der Waals surface area (Å²) in [5, 5.41) is 11.0. The lowest BCUT2D eigenvalue weighted by atomic mass is 10.1. The number of morpholine rings is 1. The lowest BCUT2D eigenvalue weighted by Gasteiger charge is -2.33. The van der Waals surface area contributed by atoms with Crippen LogP contribution in [0.1, 0.15) is 29.3 Å². The summed E-state index contributed by atoms with van der Waals surface area (Å²) < 4.78 is 11.4. The van der Waals surface area contributed by atoms with Crippen molar-refractivity contribution in [2.24, 2.45) is 0 Å². The van der Waals surface area contributed by atoms with Gasteiger partial charge in [-0.2, -0.15) is 0 Å². The van der Waals surface area contributed by atoms with Gasteiger partial charge in [0.05, 0.1) is 12.7 Å². The SMILES string of the molecule is Cc1ccc(C2CN(CC(O)c3ccccc3Cl)CCO2)o1. The maximum Gasteiger partial charge on any atom is 0.134 e. The number of furan rings is 1. The Labute approximate surface area is 135 Å². The number of aliphatic hydroxyl groups excluding tert-OH is 1. The zero-order valence-electron chi connectivity index (χ0n) is 12.5.